The second-order valence-electron chi connectivity index (χ2n) is 8.13. The van der Waals surface area contributed by atoms with Crippen molar-refractivity contribution >= 4 is 50.9 Å². The third-order valence-corrected chi connectivity index (χ3v) is 6.95. The fraction of sp³-hybridized carbons (Fsp3) is 0.182. The molecule has 0 bridgehead atoms. The number of hydrogen-bond donors (Lipinski definition) is 5. The van der Waals surface area contributed by atoms with Crippen molar-refractivity contribution in [2.45, 2.75) is 18.9 Å². The molecule has 6 rings (SSSR count). The minimum atomic E-state index is -0.320. The van der Waals surface area contributed by atoms with Gasteiger partial charge in [-0.1, -0.05) is 0 Å². The third kappa shape index (κ3) is 3.33. The lowest BCUT2D eigenvalue weighted by molar-refractivity contribution is 0.0953. The number of nitrogens with zero attached hydrogens (tertiary/aromatic N) is 2. The first-order valence-corrected chi connectivity index (χ1v) is 11.2. The van der Waals surface area contributed by atoms with Gasteiger partial charge in [-0.05, 0) is 37.1 Å². The van der Waals surface area contributed by atoms with Crippen LogP contribution in [0.15, 0.2) is 41.5 Å². The van der Waals surface area contributed by atoms with E-state index in [0.717, 1.165) is 23.3 Å². The minimum Gasteiger partial charge on any atom is -0.349 e. The summed E-state index contributed by atoms with van der Waals surface area (Å²) in [4.78, 5) is 45.6. The van der Waals surface area contributed by atoms with Crippen molar-refractivity contribution in [1.82, 2.24) is 30.0 Å². The van der Waals surface area contributed by atoms with E-state index in [0.29, 0.717) is 38.2 Å². The molecule has 1 aromatic carbocycles. The van der Waals surface area contributed by atoms with Gasteiger partial charge in [0.25, 0.3) is 11.8 Å². The van der Waals surface area contributed by atoms with Crippen LogP contribution in [0.5, 0.6) is 0 Å². The van der Waals surface area contributed by atoms with Crippen molar-refractivity contribution in [3.63, 3.8) is 0 Å². The first-order valence-electron chi connectivity index (χ1n) is 10.4. The van der Waals surface area contributed by atoms with Gasteiger partial charge in [0.2, 0.25) is 0 Å². The molecule has 11 heteroatoms. The summed E-state index contributed by atoms with van der Waals surface area (Å²) < 4.78 is 1.49. The Kier molecular flexibility index (Phi) is 4.27. The summed E-state index contributed by atoms with van der Waals surface area (Å²) in [5, 5.41) is 13.2. The van der Waals surface area contributed by atoms with Gasteiger partial charge < -0.3 is 20.6 Å². The standard InChI is InChI=1S/C22H19N7O3S/c1-29-15-6-12-13(7-14(15)27-22(29)32)26-19(18(12)21(31)25-11-2-3-11)28-20(30)17-5-4-16(33-17)10-8-23-24-9-10/h4-9,11,26H,2-3H2,1H3,(H,23,24)(H,25,31)(H,27,32)(H,28,30). The number of rotatable bonds is 5. The summed E-state index contributed by atoms with van der Waals surface area (Å²) in [5.74, 6) is -0.256. The number of aromatic amines is 3. The summed E-state index contributed by atoms with van der Waals surface area (Å²) in [7, 11) is 1.67. The van der Waals surface area contributed by atoms with E-state index in [9.17, 15) is 14.4 Å². The highest BCUT2D eigenvalue weighted by atomic mass is 32.1. The molecule has 5 N–H and O–H groups in total. The van der Waals surface area contributed by atoms with Gasteiger partial charge in [0.05, 0.1) is 33.2 Å². The number of fused-ring (bicyclic) bond motifs is 2. The smallest absolute Gasteiger partial charge is 0.326 e. The molecule has 1 fully saturated rings. The van der Waals surface area contributed by atoms with E-state index in [1.165, 1.54) is 15.9 Å². The van der Waals surface area contributed by atoms with Gasteiger partial charge in [0, 0.05) is 35.1 Å². The Morgan fingerprint density at radius 3 is 2.76 bits per heavy atom. The predicted molar refractivity (Wildman–Crippen MR) is 126 cm³/mol. The Balaban J connectivity index is 1.41. The normalized spacial score (nSPS) is 13.6. The van der Waals surface area contributed by atoms with Crippen molar-refractivity contribution in [2.75, 3.05) is 5.32 Å². The van der Waals surface area contributed by atoms with Crippen LogP contribution in [0.1, 0.15) is 32.9 Å². The van der Waals surface area contributed by atoms with Crippen molar-refractivity contribution in [2.24, 2.45) is 7.05 Å². The maximum atomic E-state index is 13.1. The van der Waals surface area contributed by atoms with E-state index in [1.54, 1.807) is 37.6 Å². The highest BCUT2D eigenvalue weighted by molar-refractivity contribution is 7.17. The van der Waals surface area contributed by atoms with Crippen LogP contribution in [0.3, 0.4) is 0 Å². The molecule has 1 aliphatic rings. The number of H-pyrrole nitrogens is 3. The number of carbonyl (C=O) groups excluding carboxylic acids is 2. The molecule has 1 aliphatic carbocycles. The van der Waals surface area contributed by atoms with Gasteiger partial charge in [-0.3, -0.25) is 19.3 Å². The average molecular weight is 462 g/mol. The van der Waals surface area contributed by atoms with E-state index in [-0.39, 0.29) is 23.5 Å². The molecule has 0 saturated heterocycles. The summed E-state index contributed by atoms with van der Waals surface area (Å²) in [6.07, 6.45) is 5.34. The maximum Gasteiger partial charge on any atom is 0.326 e. The van der Waals surface area contributed by atoms with E-state index >= 15 is 0 Å². The molecule has 0 radical (unpaired) electrons. The fourth-order valence-electron chi connectivity index (χ4n) is 3.91. The summed E-state index contributed by atoms with van der Waals surface area (Å²) in [6, 6.07) is 7.32. The van der Waals surface area contributed by atoms with Gasteiger partial charge in [-0.25, -0.2) is 4.79 Å². The molecule has 1 saturated carbocycles. The average Bonchev–Trinajstić information content (AvgIpc) is 3.20. The zero-order valence-corrected chi connectivity index (χ0v) is 18.3. The number of aromatic nitrogens is 5. The van der Waals surface area contributed by atoms with Crippen molar-refractivity contribution < 1.29 is 9.59 Å². The molecule has 0 atom stereocenters. The number of benzene rings is 1. The number of carbonyl (C=O) groups is 2. The Hall–Kier alpha value is -4.12. The number of nitrogens with one attached hydrogen (secondary N) is 5. The number of anilines is 1. The van der Waals surface area contributed by atoms with Crippen LogP contribution in [0.25, 0.3) is 32.4 Å². The van der Waals surface area contributed by atoms with Gasteiger partial charge in [-0.15, -0.1) is 11.3 Å². The minimum absolute atomic E-state index is 0.154. The topological polar surface area (TPSA) is 140 Å². The molecule has 166 valence electrons. The molecule has 5 aromatic rings. The van der Waals surface area contributed by atoms with Crippen LogP contribution in [-0.4, -0.2) is 42.6 Å². The van der Waals surface area contributed by atoms with Crippen LogP contribution >= 0.6 is 11.3 Å². The Morgan fingerprint density at radius 1 is 1.15 bits per heavy atom. The van der Waals surface area contributed by atoms with Gasteiger partial charge >= 0.3 is 5.69 Å². The number of aryl methyl sites for hydroxylation is 1. The van der Waals surface area contributed by atoms with Crippen LogP contribution in [-0.2, 0) is 7.05 Å². The second kappa shape index (κ2) is 7.20. The molecular weight excluding hydrogens is 442 g/mol. The largest absolute Gasteiger partial charge is 0.349 e. The molecule has 0 aliphatic heterocycles. The zero-order chi connectivity index (χ0) is 22.7. The van der Waals surface area contributed by atoms with E-state index in [2.05, 4.69) is 30.8 Å². The first-order chi connectivity index (χ1) is 16.0. The Morgan fingerprint density at radius 2 is 2.00 bits per heavy atom. The highest BCUT2D eigenvalue weighted by Crippen LogP contribution is 2.32. The molecular formula is C22H19N7O3S. The monoisotopic (exact) mass is 461 g/mol. The van der Waals surface area contributed by atoms with Crippen molar-refractivity contribution in [3.8, 4) is 10.4 Å². The van der Waals surface area contributed by atoms with Gasteiger partial charge in [0.1, 0.15) is 5.82 Å². The number of thiophene rings is 1. The Bertz CT molecular complexity index is 1600. The molecule has 4 aromatic heterocycles. The van der Waals surface area contributed by atoms with Crippen LogP contribution < -0.4 is 16.3 Å². The molecule has 0 spiro atoms. The first kappa shape index (κ1) is 19.6. The SMILES string of the molecule is Cn1c(=O)[nH]c2cc3[nH]c(NC(=O)c4ccc(-c5cn[nH]c5)s4)c(C(=O)NC4CC4)c3cc21. The van der Waals surface area contributed by atoms with Crippen LogP contribution in [0.2, 0.25) is 0 Å². The Labute approximate surface area is 190 Å². The summed E-state index contributed by atoms with van der Waals surface area (Å²) >= 11 is 1.34. The van der Waals surface area contributed by atoms with E-state index < -0.39 is 0 Å². The number of amides is 2. The quantitative estimate of drug-likeness (QED) is 0.274. The lowest BCUT2D eigenvalue weighted by Crippen LogP contribution is -2.26. The zero-order valence-electron chi connectivity index (χ0n) is 17.5. The van der Waals surface area contributed by atoms with E-state index in [4.69, 9.17) is 0 Å². The number of hydrogen-bond acceptors (Lipinski definition) is 5. The maximum absolute atomic E-state index is 13.1. The number of imidazole rings is 1. The fourth-order valence-corrected chi connectivity index (χ4v) is 4.79. The predicted octanol–water partition coefficient (Wildman–Crippen LogP) is 2.94. The summed E-state index contributed by atoms with van der Waals surface area (Å²) in [5.41, 5.74) is 2.98. The molecule has 0 unspecified atom stereocenters. The van der Waals surface area contributed by atoms with Crippen molar-refractivity contribution in [3.05, 3.63) is 57.6 Å². The molecule has 4 heterocycles. The van der Waals surface area contributed by atoms with Crippen LogP contribution in [0.4, 0.5) is 5.82 Å². The molecule has 33 heavy (non-hydrogen) atoms. The van der Waals surface area contributed by atoms with Gasteiger partial charge in [-0.2, -0.15) is 5.10 Å². The van der Waals surface area contributed by atoms with Crippen LogP contribution in [0, 0.1) is 0 Å². The summed E-state index contributed by atoms with van der Waals surface area (Å²) in [6.45, 7) is 0. The lowest BCUT2D eigenvalue weighted by Gasteiger charge is -2.07. The lowest BCUT2D eigenvalue weighted by atomic mass is 10.1. The second-order valence-corrected chi connectivity index (χ2v) is 9.22. The molecule has 2 amide bonds. The van der Waals surface area contributed by atoms with E-state index in [1.807, 2.05) is 6.07 Å². The highest BCUT2D eigenvalue weighted by Gasteiger charge is 2.28. The third-order valence-electron chi connectivity index (χ3n) is 5.81. The van der Waals surface area contributed by atoms with Crippen molar-refractivity contribution in [1.29, 1.82) is 0 Å². The van der Waals surface area contributed by atoms with Gasteiger partial charge in [0.15, 0.2) is 0 Å². The molecule has 10 nitrogen and oxygen atoms in total.